The number of hydrogen-bond donors (Lipinski definition) is 0. The van der Waals surface area contributed by atoms with Crippen LogP contribution in [0.5, 0.6) is 11.5 Å². The summed E-state index contributed by atoms with van der Waals surface area (Å²) in [4.78, 5) is 4.72. The number of nitrogens with zero attached hydrogens (tertiary/aromatic N) is 2. The lowest BCUT2D eigenvalue weighted by atomic mass is 10.0. The van der Waals surface area contributed by atoms with Crippen LogP contribution in [0.2, 0.25) is 0 Å². The van der Waals surface area contributed by atoms with Gasteiger partial charge < -0.3 is 9.47 Å². The maximum Gasteiger partial charge on any atom is 0.142 e. The van der Waals surface area contributed by atoms with Crippen molar-refractivity contribution in [2.75, 3.05) is 13.5 Å². The van der Waals surface area contributed by atoms with E-state index in [1.54, 1.807) is 0 Å². The lowest BCUT2D eigenvalue weighted by Crippen LogP contribution is -2.36. The Balaban J connectivity index is 1.33. The van der Waals surface area contributed by atoms with E-state index in [0.29, 0.717) is 25.5 Å². The maximum atomic E-state index is 6.18. The number of ether oxygens (including phenoxy) is 2. The highest BCUT2D eigenvalue weighted by atomic mass is 16.5. The second-order valence-electron chi connectivity index (χ2n) is 8.28. The number of benzene rings is 3. The molecular weight excluding hydrogens is 372 g/mol. The van der Waals surface area contributed by atoms with Crippen molar-refractivity contribution in [1.82, 2.24) is 9.80 Å². The van der Waals surface area contributed by atoms with Crippen LogP contribution >= 0.6 is 0 Å². The van der Waals surface area contributed by atoms with Crippen LogP contribution in [0, 0.1) is 0 Å². The summed E-state index contributed by atoms with van der Waals surface area (Å²) in [7, 11) is 0. The van der Waals surface area contributed by atoms with E-state index in [1.807, 2.05) is 0 Å². The summed E-state index contributed by atoms with van der Waals surface area (Å²) in [6.07, 6.45) is 0. The van der Waals surface area contributed by atoms with Gasteiger partial charge in [-0.05, 0) is 37.1 Å². The maximum absolute atomic E-state index is 6.18. The van der Waals surface area contributed by atoms with Gasteiger partial charge in [-0.3, -0.25) is 9.80 Å². The van der Waals surface area contributed by atoms with Crippen LogP contribution in [0.3, 0.4) is 0 Å². The molecule has 2 aliphatic rings. The molecule has 0 aromatic heterocycles. The van der Waals surface area contributed by atoms with Crippen LogP contribution in [-0.4, -0.2) is 23.3 Å². The van der Waals surface area contributed by atoms with Crippen molar-refractivity contribution in [3.8, 4) is 11.5 Å². The topological polar surface area (TPSA) is 24.9 Å². The van der Waals surface area contributed by atoms with Crippen molar-refractivity contribution < 1.29 is 9.47 Å². The molecule has 0 saturated heterocycles. The smallest absolute Gasteiger partial charge is 0.142 e. The normalized spacial score (nSPS) is 18.5. The standard InChI is InChI=1S/C26H28N2O2/c1-19(21-9-5-3-6-10-21)27-15-23-13-26-24(14-25(23)29-17-27)16-28(18-30-26)20(2)22-11-7-4-8-12-22/h3-14,19-20H,15-18H2,1-2H3/t19-,20-/m0/s1. The molecule has 0 radical (unpaired) electrons. The van der Waals surface area contributed by atoms with Crippen LogP contribution in [0.15, 0.2) is 72.8 Å². The minimum atomic E-state index is 0.304. The van der Waals surface area contributed by atoms with E-state index >= 15 is 0 Å². The average Bonchev–Trinajstić information content (AvgIpc) is 2.82. The molecule has 154 valence electrons. The van der Waals surface area contributed by atoms with E-state index in [-0.39, 0.29) is 0 Å². The first kappa shape index (κ1) is 19.2. The predicted molar refractivity (Wildman–Crippen MR) is 118 cm³/mol. The first-order chi connectivity index (χ1) is 14.7. The third-order valence-corrected chi connectivity index (χ3v) is 6.42. The third-order valence-electron chi connectivity index (χ3n) is 6.42. The van der Waals surface area contributed by atoms with E-state index in [1.165, 1.54) is 22.3 Å². The molecule has 0 amide bonds. The van der Waals surface area contributed by atoms with Crippen LogP contribution < -0.4 is 9.47 Å². The molecule has 3 aromatic carbocycles. The monoisotopic (exact) mass is 400 g/mol. The molecule has 2 heterocycles. The van der Waals surface area contributed by atoms with Gasteiger partial charge >= 0.3 is 0 Å². The quantitative estimate of drug-likeness (QED) is 0.576. The Morgan fingerprint density at radius 3 is 1.43 bits per heavy atom. The van der Waals surface area contributed by atoms with Gasteiger partial charge in [0.25, 0.3) is 0 Å². The van der Waals surface area contributed by atoms with E-state index in [2.05, 4.69) is 96.4 Å². The highest BCUT2D eigenvalue weighted by Gasteiger charge is 2.28. The highest BCUT2D eigenvalue weighted by molar-refractivity contribution is 5.48. The van der Waals surface area contributed by atoms with Gasteiger partial charge in [0.2, 0.25) is 0 Å². The Hall–Kier alpha value is -2.82. The molecule has 0 unspecified atom stereocenters. The first-order valence-corrected chi connectivity index (χ1v) is 10.7. The second-order valence-corrected chi connectivity index (χ2v) is 8.28. The number of rotatable bonds is 4. The summed E-state index contributed by atoms with van der Waals surface area (Å²) in [5.41, 5.74) is 5.02. The summed E-state index contributed by atoms with van der Waals surface area (Å²) in [5, 5.41) is 0. The fourth-order valence-corrected chi connectivity index (χ4v) is 4.38. The molecular formula is C26H28N2O2. The van der Waals surface area contributed by atoms with Crippen LogP contribution in [0.25, 0.3) is 0 Å². The summed E-state index contributed by atoms with van der Waals surface area (Å²) < 4.78 is 12.4. The molecule has 0 bridgehead atoms. The molecule has 0 fully saturated rings. The highest BCUT2D eigenvalue weighted by Crippen LogP contribution is 2.38. The summed E-state index contributed by atoms with van der Waals surface area (Å²) in [6.45, 7) is 7.42. The zero-order valence-corrected chi connectivity index (χ0v) is 17.6. The summed E-state index contributed by atoms with van der Waals surface area (Å²) >= 11 is 0. The van der Waals surface area contributed by atoms with Crippen molar-refractivity contribution in [2.45, 2.75) is 39.0 Å². The van der Waals surface area contributed by atoms with E-state index in [0.717, 1.165) is 24.6 Å². The lowest BCUT2D eigenvalue weighted by molar-refractivity contribution is 0.0526. The zero-order chi connectivity index (χ0) is 20.5. The predicted octanol–water partition coefficient (Wildman–Crippen LogP) is 5.51. The van der Waals surface area contributed by atoms with Crippen molar-refractivity contribution >= 4 is 0 Å². The minimum Gasteiger partial charge on any atom is -0.478 e. The molecule has 4 nitrogen and oxygen atoms in total. The third kappa shape index (κ3) is 3.69. The van der Waals surface area contributed by atoms with Gasteiger partial charge in [-0.1, -0.05) is 60.7 Å². The minimum absolute atomic E-state index is 0.304. The number of fused-ring (bicyclic) bond motifs is 2. The second kappa shape index (κ2) is 8.13. The lowest BCUT2D eigenvalue weighted by Gasteiger charge is -2.37. The van der Waals surface area contributed by atoms with E-state index in [9.17, 15) is 0 Å². The molecule has 0 saturated carbocycles. The first-order valence-electron chi connectivity index (χ1n) is 10.7. The molecule has 5 rings (SSSR count). The average molecular weight is 401 g/mol. The van der Waals surface area contributed by atoms with Crippen molar-refractivity contribution in [3.05, 3.63) is 95.1 Å². The Kier molecular flexibility index (Phi) is 5.19. The van der Waals surface area contributed by atoms with Gasteiger partial charge in [0.1, 0.15) is 25.0 Å². The Morgan fingerprint density at radius 1 is 0.633 bits per heavy atom. The molecule has 4 heteroatoms. The van der Waals surface area contributed by atoms with Gasteiger partial charge in [0.15, 0.2) is 0 Å². The van der Waals surface area contributed by atoms with Crippen molar-refractivity contribution in [3.63, 3.8) is 0 Å². The molecule has 2 atom stereocenters. The summed E-state index contributed by atoms with van der Waals surface area (Å²) in [6, 6.07) is 26.2. The van der Waals surface area contributed by atoms with Crippen LogP contribution in [0.4, 0.5) is 0 Å². The Labute approximate surface area is 178 Å². The molecule has 3 aromatic rings. The molecule has 0 aliphatic carbocycles. The molecule has 30 heavy (non-hydrogen) atoms. The zero-order valence-electron chi connectivity index (χ0n) is 17.6. The summed E-state index contributed by atoms with van der Waals surface area (Å²) in [5.74, 6) is 1.98. The van der Waals surface area contributed by atoms with E-state index < -0.39 is 0 Å². The van der Waals surface area contributed by atoms with Crippen LogP contribution in [0.1, 0.15) is 48.2 Å². The van der Waals surface area contributed by atoms with Crippen molar-refractivity contribution in [2.24, 2.45) is 0 Å². The fraction of sp³-hybridized carbons (Fsp3) is 0.308. The van der Waals surface area contributed by atoms with Gasteiger partial charge in [0.05, 0.1) is 0 Å². The Bertz CT molecular complexity index is 923. The fourth-order valence-electron chi connectivity index (χ4n) is 4.38. The van der Waals surface area contributed by atoms with Gasteiger partial charge in [-0.2, -0.15) is 0 Å². The van der Waals surface area contributed by atoms with Crippen molar-refractivity contribution in [1.29, 1.82) is 0 Å². The van der Waals surface area contributed by atoms with Gasteiger partial charge in [0, 0.05) is 36.3 Å². The van der Waals surface area contributed by atoms with E-state index in [4.69, 9.17) is 9.47 Å². The molecule has 0 N–H and O–H groups in total. The molecule has 2 aliphatic heterocycles. The van der Waals surface area contributed by atoms with Gasteiger partial charge in [-0.15, -0.1) is 0 Å². The Morgan fingerprint density at radius 2 is 1.03 bits per heavy atom. The largest absolute Gasteiger partial charge is 0.478 e. The number of hydrogen-bond acceptors (Lipinski definition) is 4. The van der Waals surface area contributed by atoms with Crippen LogP contribution in [-0.2, 0) is 13.1 Å². The molecule has 0 spiro atoms. The SMILES string of the molecule is C[C@@H](c1ccccc1)N1COc2cc3c(cc2C1)OCN([C@@H](C)c1ccccc1)C3. The van der Waals surface area contributed by atoms with Gasteiger partial charge in [-0.25, -0.2) is 0 Å².